The van der Waals surface area contributed by atoms with Gasteiger partial charge in [0, 0.05) is 35.7 Å². The van der Waals surface area contributed by atoms with Crippen LogP contribution in [0.4, 0.5) is 0 Å². The summed E-state index contributed by atoms with van der Waals surface area (Å²) in [5.41, 5.74) is 1.77. The van der Waals surface area contributed by atoms with E-state index in [1.54, 1.807) is 12.1 Å². The van der Waals surface area contributed by atoms with Crippen LogP contribution in [0.25, 0.3) is 11.0 Å². The molecule has 128 valence electrons. The normalized spacial score (nSPS) is 19.0. The number of carbonyl (C=O) groups is 1. The Hall–Kier alpha value is -1.86. The first kappa shape index (κ1) is 17.0. The zero-order valence-electron chi connectivity index (χ0n) is 13.0. The zero-order valence-corrected chi connectivity index (χ0v) is 14.5. The number of amides is 1. The van der Waals surface area contributed by atoms with E-state index in [1.165, 1.54) is 5.41 Å². The van der Waals surface area contributed by atoms with Crippen molar-refractivity contribution in [2.24, 2.45) is 5.92 Å². The number of halogens is 1. The van der Waals surface area contributed by atoms with E-state index in [1.807, 2.05) is 12.1 Å². The van der Waals surface area contributed by atoms with Gasteiger partial charge in [-0.3, -0.25) is 4.79 Å². The molecule has 1 aliphatic rings. The summed E-state index contributed by atoms with van der Waals surface area (Å²) in [5, 5.41) is 4.67. The minimum Gasteiger partial charge on any atom is -0.356 e. The number of hydrogen-bond acceptors (Lipinski definition) is 4. The summed E-state index contributed by atoms with van der Waals surface area (Å²) in [7, 11) is -3.10. The molecule has 0 fully saturated rings. The summed E-state index contributed by atoms with van der Waals surface area (Å²) in [6.07, 6.45) is 3.26. The summed E-state index contributed by atoms with van der Waals surface area (Å²) in [5.74, 6) is 0.543. The van der Waals surface area contributed by atoms with Crippen molar-refractivity contribution in [3.8, 4) is 0 Å². The van der Waals surface area contributed by atoms with E-state index in [9.17, 15) is 13.2 Å². The van der Waals surface area contributed by atoms with Crippen LogP contribution in [0.2, 0.25) is 5.02 Å². The lowest BCUT2D eigenvalue weighted by Crippen LogP contribution is -2.27. The van der Waals surface area contributed by atoms with Crippen molar-refractivity contribution >= 4 is 38.4 Å². The van der Waals surface area contributed by atoms with Crippen molar-refractivity contribution in [1.82, 2.24) is 15.3 Å². The first-order valence-electron chi connectivity index (χ1n) is 7.73. The highest BCUT2D eigenvalue weighted by molar-refractivity contribution is 7.94. The number of hydrogen-bond donors (Lipinski definition) is 2. The van der Waals surface area contributed by atoms with Crippen molar-refractivity contribution in [2.75, 3.05) is 12.3 Å². The molecule has 0 bridgehead atoms. The number of fused-ring (bicyclic) bond motifs is 1. The van der Waals surface area contributed by atoms with Gasteiger partial charge in [0.25, 0.3) is 0 Å². The molecule has 8 heteroatoms. The third kappa shape index (κ3) is 4.36. The molecule has 0 radical (unpaired) electrons. The maximum absolute atomic E-state index is 11.8. The van der Waals surface area contributed by atoms with Crippen molar-refractivity contribution in [2.45, 2.75) is 19.3 Å². The topological polar surface area (TPSA) is 91.9 Å². The monoisotopic (exact) mass is 367 g/mol. The Balaban J connectivity index is 1.41. The van der Waals surface area contributed by atoms with Crippen molar-refractivity contribution in [3.05, 3.63) is 40.5 Å². The lowest BCUT2D eigenvalue weighted by Gasteiger charge is -2.07. The SMILES string of the molecule is O=C(C[C@H]1C=CS(=O)(=O)C1)NCCCc1nc2ccc(Cl)cc2[nH]1. The van der Waals surface area contributed by atoms with Crippen LogP contribution in [0.1, 0.15) is 18.7 Å². The highest BCUT2D eigenvalue weighted by Crippen LogP contribution is 2.18. The van der Waals surface area contributed by atoms with Gasteiger partial charge in [-0.25, -0.2) is 13.4 Å². The number of benzene rings is 1. The molecule has 0 unspecified atom stereocenters. The molecule has 6 nitrogen and oxygen atoms in total. The lowest BCUT2D eigenvalue weighted by atomic mass is 10.1. The molecule has 24 heavy (non-hydrogen) atoms. The molecule has 1 atom stereocenters. The van der Waals surface area contributed by atoms with Crippen LogP contribution < -0.4 is 5.32 Å². The maximum atomic E-state index is 11.8. The molecule has 2 heterocycles. The number of allylic oxidation sites excluding steroid dienone is 1. The first-order chi connectivity index (χ1) is 11.4. The van der Waals surface area contributed by atoms with Crippen LogP contribution in [-0.2, 0) is 21.1 Å². The molecule has 1 aromatic carbocycles. The van der Waals surface area contributed by atoms with Crippen LogP contribution in [0, 0.1) is 5.92 Å². The average molecular weight is 368 g/mol. The fourth-order valence-electron chi connectivity index (χ4n) is 2.71. The summed E-state index contributed by atoms with van der Waals surface area (Å²) in [4.78, 5) is 19.5. The molecule has 2 N–H and O–H groups in total. The molecule has 0 aliphatic carbocycles. The molecule has 1 amide bonds. The van der Waals surface area contributed by atoms with Crippen LogP contribution in [-0.4, -0.2) is 36.6 Å². The zero-order chi connectivity index (χ0) is 17.2. The Morgan fingerprint density at radius 2 is 2.25 bits per heavy atom. The maximum Gasteiger partial charge on any atom is 0.220 e. The van der Waals surface area contributed by atoms with Gasteiger partial charge in [-0.1, -0.05) is 17.7 Å². The number of aromatic amines is 1. The van der Waals surface area contributed by atoms with E-state index < -0.39 is 9.84 Å². The van der Waals surface area contributed by atoms with E-state index in [0.717, 1.165) is 23.3 Å². The molecule has 1 aliphatic heterocycles. The summed E-state index contributed by atoms with van der Waals surface area (Å²) in [6, 6.07) is 5.49. The number of H-pyrrole nitrogens is 1. The molecule has 3 rings (SSSR count). The first-order valence-corrected chi connectivity index (χ1v) is 9.82. The van der Waals surface area contributed by atoms with Crippen molar-refractivity contribution in [1.29, 1.82) is 0 Å². The standard InChI is InChI=1S/C16H18ClN3O3S/c17-12-3-4-13-14(9-12)20-15(19-13)2-1-6-18-16(21)8-11-5-7-24(22,23)10-11/h3-5,7,9,11H,1-2,6,8,10H2,(H,18,21)(H,19,20)/t11-/m1/s1. The fraction of sp³-hybridized carbons (Fsp3) is 0.375. The smallest absolute Gasteiger partial charge is 0.220 e. The van der Waals surface area contributed by atoms with Gasteiger partial charge in [-0.05, 0) is 24.6 Å². The lowest BCUT2D eigenvalue weighted by molar-refractivity contribution is -0.121. The van der Waals surface area contributed by atoms with Gasteiger partial charge >= 0.3 is 0 Å². The summed E-state index contributed by atoms with van der Waals surface area (Å²) < 4.78 is 22.6. The van der Waals surface area contributed by atoms with Gasteiger partial charge < -0.3 is 10.3 Å². The number of imidazole rings is 1. The Labute approximate surface area is 145 Å². The second-order valence-corrected chi connectivity index (χ2v) is 8.29. The van der Waals surface area contributed by atoms with Crippen molar-refractivity contribution in [3.63, 3.8) is 0 Å². The molecule has 0 saturated carbocycles. The molecular weight excluding hydrogens is 350 g/mol. The van der Waals surface area contributed by atoms with Gasteiger partial charge in [0.1, 0.15) is 5.82 Å². The van der Waals surface area contributed by atoms with Crippen LogP contribution in [0.5, 0.6) is 0 Å². The minimum atomic E-state index is -3.10. The Morgan fingerprint density at radius 1 is 1.42 bits per heavy atom. The molecular formula is C16H18ClN3O3S. The highest BCUT2D eigenvalue weighted by atomic mass is 35.5. The summed E-state index contributed by atoms with van der Waals surface area (Å²) >= 11 is 5.94. The van der Waals surface area contributed by atoms with Gasteiger partial charge in [0.2, 0.25) is 5.91 Å². The van der Waals surface area contributed by atoms with E-state index in [2.05, 4.69) is 15.3 Å². The molecule has 0 saturated heterocycles. The number of sulfone groups is 1. The van der Waals surface area contributed by atoms with Gasteiger partial charge in [0.05, 0.1) is 16.8 Å². The van der Waals surface area contributed by atoms with Crippen LogP contribution in [0.3, 0.4) is 0 Å². The second kappa shape index (κ2) is 6.94. The third-order valence-electron chi connectivity index (χ3n) is 3.86. The number of carbonyl (C=O) groups excluding carboxylic acids is 1. The second-order valence-electron chi connectivity index (χ2n) is 5.92. The Bertz CT molecular complexity index is 889. The fourth-order valence-corrected chi connectivity index (χ4v) is 4.28. The highest BCUT2D eigenvalue weighted by Gasteiger charge is 2.23. The summed E-state index contributed by atoms with van der Waals surface area (Å²) in [6.45, 7) is 0.528. The number of nitrogens with zero attached hydrogens (tertiary/aromatic N) is 1. The molecule has 0 spiro atoms. The number of rotatable bonds is 6. The predicted octanol–water partition coefficient (Wildman–Crippen LogP) is 2.21. The predicted molar refractivity (Wildman–Crippen MR) is 93.5 cm³/mol. The quantitative estimate of drug-likeness (QED) is 0.766. The van der Waals surface area contributed by atoms with E-state index in [0.29, 0.717) is 18.0 Å². The molecule has 1 aromatic heterocycles. The average Bonchev–Trinajstić information content (AvgIpc) is 3.05. The van der Waals surface area contributed by atoms with Crippen LogP contribution >= 0.6 is 11.6 Å². The van der Waals surface area contributed by atoms with Gasteiger partial charge in [-0.2, -0.15) is 0 Å². The largest absolute Gasteiger partial charge is 0.356 e. The minimum absolute atomic E-state index is 0.0297. The Kier molecular flexibility index (Phi) is 4.91. The van der Waals surface area contributed by atoms with E-state index in [-0.39, 0.29) is 24.0 Å². The number of nitrogens with one attached hydrogen (secondary N) is 2. The number of aromatic nitrogens is 2. The van der Waals surface area contributed by atoms with E-state index >= 15 is 0 Å². The number of aryl methyl sites for hydroxylation is 1. The van der Waals surface area contributed by atoms with Crippen LogP contribution in [0.15, 0.2) is 29.7 Å². The van der Waals surface area contributed by atoms with Gasteiger partial charge in [0.15, 0.2) is 9.84 Å². The van der Waals surface area contributed by atoms with Crippen molar-refractivity contribution < 1.29 is 13.2 Å². The third-order valence-corrected chi connectivity index (χ3v) is 5.56. The van der Waals surface area contributed by atoms with Gasteiger partial charge in [-0.15, -0.1) is 0 Å². The Morgan fingerprint density at radius 3 is 3.00 bits per heavy atom. The molecule has 2 aromatic rings. The van der Waals surface area contributed by atoms with E-state index in [4.69, 9.17) is 11.6 Å².